The van der Waals surface area contributed by atoms with Gasteiger partial charge in [0.1, 0.15) is 5.75 Å². The van der Waals surface area contributed by atoms with Gasteiger partial charge in [0.2, 0.25) is 0 Å². The average Bonchev–Trinajstić information content (AvgIpc) is 2.73. The molecule has 0 saturated carbocycles. The summed E-state index contributed by atoms with van der Waals surface area (Å²) in [6, 6.07) is 12.1. The van der Waals surface area contributed by atoms with Crippen molar-refractivity contribution < 1.29 is 31.8 Å². The Morgan fingerprint density at radius 3 is 2.40 bits per heavy atom. The minimum absolute atomic E-state index is 0.0444. The number of hydrogen-bond donors (Lipinski definition) is 0. The van der Waals surface area contributed by atoms with Crippen LogP contribution in [-0.2, 0) is 30.3 Å². The summed E-state index contributed by atoms with van der Waals surface area (Å²) in [5.41, 5.74) is 0.346. The average molecular weight is 437 g/mol. The molecule has 0 aliphatic heterocycles. The van der Waals surface area contributed by atoms with Crippen molar-refractivity contribution >= 4 is 21.8 Å². The normalized spacial score (nSPS) is 12.2. The number of para-hydroxylation sites is 1. The van der Waals surface area contributed by atoms with E-state index in [9.17, 15) is 23.3 Å². The lowest BCUT2D eigenvalue weighted by atomic mass is 10.1. The molecule has 30 heavy (non-hydrogen) atoms. The Morgan fingerprint density at radius 2 is 1.80 bits per heavy atom. The molecule has 0 aromatic heterocycles. The van der Waals surface area contributed by atoms with Gasteiger partial charge in [0.15, 0.2) is 11.0 Å². The first kappa shape index (κ1) is 23.3. The number of nitro benzene ring substituents is 1. The third-order valence-corrected chi connectivity index (χ3v) is 5.58. The van der Waals surface area contributed by atoms with Crippen molar-refractivity contribution in [2.75, 3.05) is 13.7 Å². The van der Waals surface area contributed by atoms with Gasteiger partial charge in [0, 0.05) is 6.07 Å². The summed E-state index contributed by atoms with van der Waals surface area (Å²) in [5, 5.41) is 11.2. The minimum Gasteiger partial charge on any atom is -0.497 e. The van der Waals surface area contributed by atoms with Gasteiger partial charge < -0.3 is 9.47 Å². The number of methoxy groups -OCH3 is 1. The van der Waals surface area contributed by atoms with E-state index in [1.807, 2.05) is 12.1 Å². The Balaban J connectivity index is 2.14. The molecule has 0 N–H and O–H groups in total. The molecule has 1 atom stereocenters. The van der Waals surface area contributed by atoms with Gasteiger partial charge in [-0.05, 0) is 49.9 Å². The van der Waals surface area contributed by atoms with Crippen molar-refractivity contribution in [2.45, 2.75) is 37.2 Å². The van der Waals surface area contributed by atoms with Crippen LogP contribution >= 0.6 is 0 Å². The number of carbonyl (C=O) groups is 1. The maximum Gasteiger partial charge on any atom is 0.336 e. The summed E-state index contributed by atoms with van der Waals surface area (Å²) < 4.78 is 40.4. The van der Waals surface area contributed by atoms with Gasteiger partial charge in [-0.1, -0.05) is 24.3 Å². The molecular formula is C20H23NO8S. The second-order valence-electron chi connectivity index (χ2n) is 6.26. The summed E-state index contributed by atoms with van der Waals surface area (Å²) in [4.78, 5) is 22.0. The first-order valence-corrected chi connectivity index (χ1v) is 10.7. The number of rotatable bonds is 11. The van der Waals surface area contributed by atoms with Gasteiger partial charge in [-0.2, -0.15) is 8.42 Å². The number of nitrogens with zero attached hydrogens (tertiary/aromatic N) is 1. The van der Waals surface area contributed by atoms with Gasteiger partial charge >= 0.3 is 16.1 Å². The second-order valence-corrected chi connectivity index (χ2v) is 7.80. The van der Waals surface area contributed by atoms with Crippen LogP contribution in [0.1, 0.15) is 25.3 Å². The lowest BCUT2D eigenvalue weighted by molar-refractivity contribution is -0.387. The van der Waals surface area contributed by atoms with Crippen LogP contribution in [0.3, 0.4) is 0 Å². The summed E-state index contributed by atoms with van der Waals surface area (Å²) in [6.07, 6.45) is -0.352. The van der Waals surface area contributed by atoms with E-state index in [1.54, 1.807) is 26.2 Å². The van der Waals surface area contributed by atoms with Crippen molar-refractivity contribution in [1.82, 2.24) is 0 Å². The summed E-state index contributed by atoms with van der Waals surface area (Å²) >= 11 is 0. The number of esters is 1. The number of ether oxygens (including phenoxy) is 2. The fraction of sp³-hybridized carbons (Fsp3) is 0.350. The number of aryl methyl sites for hydroxylation is 1. The standard InChI is InChI=1S/C20H23NO8S/c1-3-28-20(22)18(9-6-7-15-11-13-16(27-2)14-12-15)29-30(25,26)19-10-5-4-8-17(19)21(23)24/h4-5,8,10-14,18H,3,6-7,9H2,1-2H3/t18-/m1/s1. The Bertz CT molecular complexity index is 973. The molecule has 9 nitrogen and oxygen atoms in total. The predicted octanol–water partition coefficient (Wildman–Crippen LogP) is 3.26. The molecule has 0 bridgehead atoms. The van der Waals surface area contributed by atoms with Crippen molar-refractivity contribution in [3.63, 3.8) is 0 Å². The van der Waals surface area contributed by atoms with Crippen LogP contribution in [-0.4, -0.2) is 39.1 Å². The molecule has 0 radical (unpaired) electrons. The lowest BCUT2D eigenvalue weighted by Gasteiger charge is -2.16. The third kappa shape index (κ3) is 6.26. The number of nitro groups is 1. The van der Waals surface area contributed by atoms with Crippen molar-refractivity contribution in [1.29, 1.82) is 0 Å². The molecule has 0 spiro atoms. The van der Waals surface area contributed by atoms with E-state index in [1.165, 1.54) is 12.1 Å². The molecule has 2 aromatic rings. The van der Waals surface area contributed by atoms with E-state index in [0.29, 0.717) is 18.6 Å². The highest BCUT2D eigenvalue weighted by atomic mass is 32.2. The highest BCUT2D eigenvalue weighted by Gasteiger charge is 2.32. The molecule has 162 valence electrons. The largest absolute Gasteiger partial charge is 0.497 e. The molecule has 2 aromatic carbocycles. The molecule has 2 rings (SSSR count). The Hall–Kier alpha value is -2.98. The maximum absolute atomic E-state index is 12.6. The third-order valence-electron chi connectivity index (χ3n) is 4.21. The van der Waals surface area contributed by atoms with Crippen molar-refractivity contribution in [2.24, 2.45) is 0 Å². The van der Waals surface area contributed by atoms with Gasteiger partial charge in [0.05, 0.1) is 18.6 Å². The fourth-order valence-corrected chi connectivity index (χ4v) is 3.98. The molecule has 0 aliphatic rings. The summed E-state index contributed by atoms with van der Waals surface area (Å²) in [7, 11) is -3.00. The fourth-order valence-electron chi connectivity index (χ4n) is 2.75. The molecule has 0 unspecified atom stereocenters. The summed E-state index contributed by atoms with van der Waals surface area (Å²) in [6.45, 7) is 1.63. The van der Waals surface area contributed by atoms with Crippen LogP contribution in [0.2, 0.25) is 0 Å². The number of hydrogen-bond acceptors (Lipinski definition) is 8. The summed E-state index contributed by atoms with van der Waals surface area (Å²) in [5.74, 6) is -0.128. The van der Waals surface area contributed by atoms with Crippen LogP contribution in [0, 0.1) is 10.1 Å². The van der Waals surface area contributed by atoms with Crippen molar-refractivity contribution in [3.8, 4) is 5.75 Å². The smallest absolute Gasteiger partial charge is 0.336 e. The Labute approximate surface area is 174 Å². The Morgan fingerprint density at radius 1 is 1.13 bits per heavy atom. The zero-order chi connectivity index (χ0) is 22.1. The molecule has 0 saturated heterocycles. The first-order chi connectivity index (χ1) is 14.3. The van der Waals surface area contributed by atoms with Crippen LogP contribution in [0.25, 0.3) is 0 Å². The molecule has 10 heteroatoms. The van der Waals surface area contributed by atoms with E-state index in [0.717, 1.165) is 17.7 Å². The predicted molar refractivity (Wildman–Crippen MR) is 108 cm³/mol. The van der Waals surface area contributed by atoms with Gasteiger partial charge in [-0.25, -0.2) is 4.79 Å². The highest BCUT2D eigenvalue weighted by Crippen LogP contribution is 2.26. The SMILES string of the molecule is CCOC(=O)[C@@H](CCCc1ccc(OC)cc1)OS(=O)(=O)c1ccccc1[N+](=O)[O-]. The van der Waals surface area contributed by atoms with Gasteiger partial charge in [0.25, 0.3) is 5.69 Å². The molecule has 0 amide bonds. The Kier molecular flexibility index (Phi) is 8.31. The topological polar surface area (TPSA) is 122 Å². The second kappa shape index (κ2) is 10.7. The van der Waals surface area contributed by atoms with Crippen LogP contribution in [0.4, 0.5) is 5.69 Å². The molecule has 0 heterocycles. The quantitative estimate of drug-likeness (QED) is 0.227. The van der Waals surface area contributed by atoms with Crippen LogP contribution in [0.5, 0.6) is 5.75 Å². The maximum atomic E-state index is 12.6. The molecular weight excluding hydrogens is 414 g/mol. The van der Waals surface area contributed by atoms with E-state index >= 15 is 0 Å². The van der Waals surface area contributed by atoms with Gasteiger partial charge in [-0.15, -0.1) is 0 Å². The van der Waals surface area contributed by atoms with Gasteiger partial charge in [-0.3, -0.25) is 14.3 Å². The molecule has 0 fully saturated rings. The molecule has 0 aliphatic carbocycles. The van der Waals surface area contributed by atoms with Crippen LogP contribution in [0.15, 0.2) is 53.4 Å². The van der Waals surface area contributed by atoms with E-state index < -0.39 is 37.7 Å². The van der Waals surface area contributed by atoms with E-state index in [-0.39, 0.29) is 13.0 Å². The first-order valence-electron chi connectivity index (χ1n) is 9.24. The zero-order valence-electron chi connectivity index (χ0n) is 16.6. The number of benzene rings is 2. The lowest BCUT2D eigenvalue weighted by Crippen LogP contribution is -2.29. The zero-order valence-corrected chi connectivity index (χ0v) is 17.5. The van der Waals surface area contributed by atoms with E-state index in [4.69, 9.17) is 13.7 Å². The number of carbonyl (C=O) groups excluding carboxylic acids is 1. The minimum atomic E-state index is -4.56. The monoisotopic (exact) mass is 437 g/mol. The van der Waals surface area contributed by atoms with Crippen molar-refractivity contribution in [3.05, 3.63) is 64.2 Å². The van der Waals surface area contributed by atoms with E-state index in [2.05, 4.69) is 0 Å². The van der Waals surface area contributed by atoms with Crippen LogP contribution < -0.4 is 4.74 Å². The highest BCUT2D eigenvalue weighted by molar-refractivity contribution is 7.87.